The van der Waals surface area contributed by atoms with Crippen molar-refractivity contribution in [3.8, 4) is 5.69 Å². The van der Waals surface area contributed by atoms with Crippen LogP contribution in [0.3, 0.4) is 0 Å². The van der Waals surface area contributed by atoms with Gasteiger partial charge in [0.15, 0.2) is 0 Å². The number of halogens is 3. The number of rotatable bonds is 5. The fraction of sp³-hybridized carbons (Fsp3) is 0.286. The Bertz CT molecular complexity index is 1310. The molecule has 0 unspecified atom stereocenters. The van der Waals surface area contributed by atoms with E-state index in [0.717, 1.165) is 15.9 Å². The van der Waals surface area contributed by atoms with Crippen molar-refractivity contribution in [3.05, 3.63) is 65.0 Å². The van der Waals surface area contributed by atoms with Crippen molar-refractivity contribution in [1.29, 1.82) is 0 Å². The lowest BCUT2D eigenvalue weighted by molar-refractivity contribution is -0.144. The zero-order chi connectivity index (χ0) is 23.0. The van der Waals surface area contributed by atoms with Gasteiger partial charge in [-0.3, -0.25) is 4.79 Å². The summed E-state index contributed by atoms with van der Waals surface area (Å²) >= 11 is 0. The molecule has 8 nitrogen and oxygen atoms in total. The molecule has 0 radical (unpaired) electrons. The standard InChI is InChI=1S/C21H20F3N7O/c1-12-9-10-25-30(12)16-6-4-5-15(11-16)27-18(32)8-7-17-13(2)26-20-28-19(21(22,23)24)29-31(20)14(17)3/h4-6,9-11H,7-8H2,1-3H3,(H,27,32). The van der Waals surface area contributed by atoms with Gasteiger partial charge in [-0.25, -0.2) is 14.2 Å². The molecule has 0 aliphatic rings. The molecule has 0 atom stereocenters. The van der Waals surface area contributed by atoms with Crippen LogP contribution in [0.5, 0.6) is 0 Å². The molecule has 0 aliphatic carbocycles. The van der Waals surface area contributed by atoms with Crippen molar-refractivity contribution in [2.75, 3.05) is 5.32 Å². The molecule has 0 bridgehead atoms. The Morgan fingerprint density at radius 2 is 1.91 bits per heavy atom. The fourth-order valence-electron chi connectivity index (χ4n) is 3.51. The number of carbonyl (C=O) groups is 1. The van der Waals surface area contributed by atoms with Gasteiger partial charge in [0.05, 0.1) is 5.69 Å². The first-order valence-corrected chi connectivity index (χ1v) is 9.84. The Balaban J connectivity index is 1.49. The first-order valence-electron chi connectivity index (χ1n) is 9.84. The van der Waals surface area contributed by atoms with Crippen molar-refractivity contribution >= 4 is 17.4 Å². The summed E-state index contributed by atoms with van der Waals surface area (Å²) in [6.45, 7) is 5.25. The van der Waals surface area contributed by atoms with Crippen LogP contribution in [0.4, 0.5) is 18.9 Å². The molecule has 1 N–H and O–H groups in total. The molecule has 0 fully saturated rings. The lowest BCUT2D eigenvalue weighted by atomic mass is 10.1. The van der Waals surface area contributed by atoms with Crippen molar-refractivity contribution in [2.24, 2.45) is 0 Å². The van der Waals surface area contributed by atoms with Gasteiger partial charge >= 0.3 is 6.18 Å². The van der Waals surface area contributed by atoms with Crippen LogP contribution in [0.15, 0.2) is 36.5 Å². The smallest absolute Gasteiger partial charge is 0.326 e. The highest BCUT2D eigenvalue weighted by atomic mass is 19.4. The van der Waals surface area contributed by atoms with E-state index in [1.807, 2.05) is 31.2 Å². The van der Waals surface area contributed by atoms with Crippen LogP contribution in [0.2, 0.25) is 0 Å². The highest BCUT2D eigenvalue weighted by molar-refractivity contribution is 5.91. The number of anilines is 1. The molecule has 4 aromatic rings. The molecule has 0 saturated carbocycles. The molecule has 0 spiro atoms. The number of nitrogens with one attached hydrogen (secondary N) is 1. The monoisotopic (exact) mass is 443 g/mol. The number of nitrogens with zero attached hydrogens (tertiary/aromatic N) is 6. The summed E-state index contributed by atoms with van der Waals surface area (Å²) in [5, 5.41) is 10.6. The van der Waals surface area contributed by atoms with Crippen LogP contribution < -0.4 is 5.32 Å². The summed E-state index contributed by atoms with van der Waals surface area (Å²) in [6.07, 6.45) is -2.54. The molecule has 1 aromatic carbocycles. The molecule has 1 amide bonds. The number of hydrogen-bond donors (Lipinski definition) is 1. The van der Waals surface area contributed by atoms with Gasteiger partial charge in [-0.05, 0) is 57.0 Å². The number of aromatic nitrogens is 6. The molecule has 0 saturated heterocycles. The van der Waals surface area contributed by atoms with Gasteiger partial charge in [-0.2, -0.15) is 23.3 Å². The molecule has 4 rings (SSSR count). The Morgan fingerprint density at radius 3 is 2.59 bits per heavy atom. The third-order valence-corrected chi connectivity index (χ3v) is 5.11. The van der Waals surface area contributed by atoms with E-state index in [-0.39, 0.29) is 18.1 Å². The molecular weight excluding hydrogens is 423 g/mol. The summed E-state index contributed by atoms with van der Waals surface area (Å²) in [4.78, 5) is 20.1. The second-order valence-electron chi connectivity index (χ2n) is 7.39. The number of aryl methyl sites for hydroxylation is 3. The SMILES string of the molecule is Cc1nc2nc(C(F)(F)F)nn2c(C)c1CCC(=O)Nc1cccc(-n2nccc2C)c1. The van der Waals surface area contributed by atoms with Crippen LogP contribution in [0.1, 0.15) is 34.9 Å². The highest BCUT2D eigenvalue weighted by Gasteiger charge is 2.37. The summed E-state index contributed by atoms with van der Waals surface area (Å²) in [5.74, 6) is -1.59. The second-order valence-corrected chi connectivity index (χ2v) is 7.39. The van der Waals surface area contributed by atoms with Crippen molar-refractivity contribution in [1.82, 2.24) is 29.4 Å². The van der Waals surface area contributed by atoms with Crippen molar-refractivity contribution in [2.45, 2.75) is 39.8 Å². The van der Waals surface area contributed by atoms with Crippen molar-refractivity contribution in [3.63, 3.8) is 0 Å². The van der Waals surface area contributed by atoms with Crippen LogP contribution in [0.25, 0.3) is 11.5 Å². The van der Waals surface area contributed by atoms with Gasteiger partial charge in [0.1, 0.15) is 0 Å². The zero-order valence-corrected chi connectivity index (χ0v) is 17.6. The highest BCUT2D eigenvalue weighted by Crippen LogP contribution is 2.27. The Morgan fingerprint density at radius 1 is 1.12 bits per heavy atom. The lowest BCUT2D eigenvalue weighted by Crippen LogP contribution is -2.14. The summed E-state index contributed by atoms with van der Waals surface area (Å²) in [5.41, 5.74) is 4.05. The quantitative estimate of drug-likeness (QED) is 0.506. The molecule has 3 aromatic heterocycles. The van der Waals surface area contributed by atoms with Gasteiger partial charge in [0, 0.05) is 35.4 Å². The minimum Gasteiger partial charge on any atom is -0.326 e. The average Bonchev–Trinajstić information content (AvgIpc) is 3.34. The maximum Gasteiger partial charge on any atom is 0.453 e. The Hall–Kier alpha value is -3.76. The Kier molecular flexibility index (Phi) is 5.41. The minimum atomic E-state index is -4.66. The molecular formula is C21H20F3N7O. The number of alkyl halides is 3. The topological polar surface area (TPSA) is 90.0 Å². The number of benzene rings is 1. The number of amides is 1. The van der Waals surface area contributed by atoms with Gasteiger partial charge in [-0.1, -0.05) is 6.07 Å². The molecule has 0 aliphatic heterocycles. The Labute approximate surface area is 181 Å². The predicted molar refractivity (Wildman–Crippen MR) is 111 cm³/mol. The molecule has 11 heteroatoms. The van der Waals surface area contributed by atoms with Gasteiger partial charge in [0.2, 0.25) is 5.91 Å². The van der Waals surface area contributed by atoms with E-state index in [2.05, 4.69) is 25.5 Å². The van der Waals surface area contributed by atoms with Crippen LogP contribution >= 0.6 is 0 Å². The third-order valence-electron chi connectivity index (χ3n) is 5.11. The summed E-state index contributed by atoms with van der Waals surface area (Å²) in [6, 6.07) is 9.18. The predicted octanol–water partition coefficient (Wildman–Crippen LogP) is 3.83. The normalized spacial score (nSPS) is 11.8. The van der Waals surface area contributed by atoms with E-state index in [9.17, 15) is 18.0 Å². The van der Waals surface area contributed by atoms with E-state index in [4.69, 9.17) is 0 Å². The fourth-order valence-corrected chi connectivity index (χ4v) is 3.51. The molecule has 32 heavy (non-hydrogen) atoms. The van der Waals surface area contributed by atoms with Gasteiger partial charge < -0.3 is 5.32 Å². The maximum atomic E-state index is 12.9. The molecule has 3 heterocycles. The van der Waals surface area contributed by atoms with E-state index in [0.29, 0.717) is 29.1 Å². The average molecular weight is 443 g/mol. The number of fused-ring (bicyclic) bond motifs is 1. The van der Waals surface area contributed by atoms with Crippen LogP contribution in [-0.2, 0) is 17.4 Å². The van der Waals surface area contributed by atoms with E-state index in [1.54, 1.807) is 30.8 Å². The van der Waals surface area contributed by atoms with E-state index >= 15 is 0 Å². The first-order chi connectivity index (χ1) is 15.1. The largest absolute Gasteiger partial charge is 0.453 e. The van der Waals surface area contributed by atoms with Crippen molar-refractivity contribution < 1.29 is 18.0 Å². The van der Waals surface area contributed by atoms with Crippen LogP contribution in [-0.4, -0.2) is 35.3 Å². The second kappa shape index (κ2) is 8.06. The van der Waals surface area contributed by atoms with Gasteiger partial charge in [-0.15, -0.1) is 5.10 Å². The first kappa shape index (κ1) is 21.5. The minimum absolute atomic E-state index is 0.119. The molecule has 166 valence electrons. The maximum absolute atomic E-state index is 12.9. The summed E-state index contributed by atoms with van der Waals surface area (Å²) in [7, 11) is 0. The lowest BCUT2D eigenvalue weighted by Gasteiger charge is -2.11. The van der Waals surface area contributed by atoms with E-state index in [1.165, 1.54) is 0 Å². The zero-order valence-electron chi connectivity index (χ0n) is 17.6. The van der Waals surface area contributed by atoms with E-state index < -0.39 is 12.0 Å². The number of hydrogen-bond acceptors (Lipinski definition) is 5. The third kappa shape index (κ3) is 4.18. The van der Waals surface area contributed by atoms with Crippen LogP contribution in [0, 0.1) is 20.8 Å². The number of carbonyl (C=O) groups excluding carboxylic acids is 1. The summed E-state index contributed by atoms with van der Waals surface area (Å²) < 4.78 is 41.6. The van der Waals surface area contributed by atoms with Gasteiger partial charge in [0.25, 0.3) is 11.6 Å².